The summed E-state index contributed by atoms with van der Waals surface area (Å²) in [4.78, 5) is 15.4. The van der Waals surface area contributed by atoms with Crippen LogP contribution in [0.2, 0.25) is 0 Å². The van der Waals surface area contributed by atoms with Crippen LogP contribution in [-0.4, -0.2) is 14.7 Å². The Hall–Kier alpha value is -2.69. The average Bonchev–Trinajstić information content (AvgIpc) is 2.92. The Morgan fingerprint density at radius 1 is 1.25 bits per heavy atom. The molecule has 0 saturated heterocycles. The van der Waals surface area contributed by atoms with E-state index in [4.69, 9.17) is 4.52 Å². The third kappa shape index (κ3) is 2.51. The van der Waals surface area contributed by atoms with Crippen molar-refractivity contribution in [1.29, 1.82) is 0 Å². The van der Waals surface area contributed by atoms with Gasteiger partial charge < -0.3 is 4.52 Å². The van der Waals surface area contributed by atoms with E-state index in [0.717, 1.165) is 11.1 Å². The molecule has 0 aliphatic heterocycles. The van der Waals surface area contributed by atoms with Crippen molar-refractivity contribution in [2.75, 3.05) is 0 Å². The predicted octanol–water partition coefficient (Wildman–Crippen LogP) is 2.26. The number of nitrogens with zero attached hydrogens (tertiary/aromatic N) is 3. The van der Waals surface area contributed by atoms with Crippen molar-refractivity contribution < 1.29 is 4.52 Å². The number of aryl methyl sites for hydroxylation is 1. The summed E-state index contributed by atoms with van der Waals surface area (Å²) in [5, 5.41) is 4.00. The molecule has 0 unspecified atom stereocenters. The van der Waals surface area contributed by atoms with E-state index in [2.05, 4.69) is 10.1 Å². The maximum atomic E-state index is 11.6. The van der Waals surface area contributed by atoms with Gasteiger partial charge in [0.2, 0.25) is 0 Å². The highest BCUT2D eigenvalue weighted by atomic mass is 16.5. The topological polar surface area (TPSA) is 60.9 Å². The Morgan fingerprint density at radius 3 is 2.85 bits per heavy atom. The van der Waals surface area contributed by atoms with Crippen LogP contribution in [0.25, 0.3) is 11.3 Å². The van der Waals surface area contributed by atoms with Crippen molar-refractivity contribution in [2.24, 2.45) is 0 Å². The molecule has 3 rings (SSSR count). The van der Waals surface area contributed by atoms with Gasteiger partial charge in [0.1, 0.15) is 5.69 Å². The van der Waals surface area contributed by atoms with Gasteiger partial charge >= 0.3 is 5.69 Å². The van der Waals surface area contributed by atoms with Gasteiger partial charge in [0.15, 0.2) is 5.76 Å². The van der Waals surface area contributed by atoms with Crippen LogP contribution in [0.5, 0.6) is 0 Å². The fraction of sp³-hybridized carbons (Fsp3) is 0.133. The molecule has 0 spiro atoms. The Balaban J connectivity index is 1.88. The molecule has 5 heteroatoms. The molecule has 0 bridgehead atoms. The van der Waals surface area contributed by atoms with Crippen molar-refractivity contribution in [3.8, 4) is 11.3 Å². The van der Waals surface area contributed by atoms with E-state index in [-0.39, 0.29) is 5.69 Å². The normalized spacial score (nSPS) is 10.7. The fourth-order valence-corrected chi connectivity index (χ4v) is 1.98. The van der Waals surface area contributed by atoms with Crippen molar-refractivity contribution in [3.05, 3.63) is 70.5 Å². The van der Waals surface area contributed by atoms with Gasteiger partial charge in [0, 0.05) is 24.0 Å². The van der Waals surface area contributed by atoms with E-state index in [1.54, 1.807) is 12.4 Å². The van der Waals surface area contributed by atoms with Crippen molar-refractivity contribution in [3.63, 3.8) is 0 Å². The Labute approximate surface area is 115 Å². The maximum Gasteiger partial charge on any atom is 0.347 e. The van der Waals surface area contributed by atoms with E-state index < -0.39 is 0 Å². The van der Waals surface area contributed by atoms with Gasteiger partial charge in [-0.2, -0.15) is 0 Å². The minimum absolute atomic E-state index is 0.292. The minimum atomic E-state index is -0.292. The third-order valence-electron chi connectivity index (χ3n) is 2.93. The summed E-state index contributed by atoms with van der Waals surface area (Å²) in [5.41, 5.74) is 2.29. The van der Waals surface area contributed by atoms with Gasteiger partial charge in [-0.25, -0.2) is 9.78 Å². The second-order valence-electron chi connectivity index (χ2n) is 4.59. The van der Waals surface area contributed by atoms with E-state index >= 15 is 0 Å². The molecule has 0 N–H and O–H groups in total. The van der Waals surface area contributed by atoms with Crippen molar-refractivity contribution >= 4 is 0 Å². The SMILES string of the molecule is Cc1cnc(=O)n(Cc2cc(-c3ccccc3)on2)c1. The van der Waals surface area contributed by atoms with Crippen LogP contribution in [0.15, 0.2) is 58.1 Å². The van der Waals surface area contributed by atoms with Crippen LogP contribution in [-0.2, 0) is 6.54 Å². The lowest BCUT2D eigenvalue weighted by Gasteiger charge is -2.01. The lowest BCUT2D eigenvalue weighted by atomic mass is 10.2. The molecular formula is C15H13N3O2. The standard InChI is InChI=1S/C15H13N3O2/c1-11-8-16-15(19)18(9-11)10-13-7-14(20-17-13)12-5-3-2-4-6-12/h2-9H,10H2,1H3. The van der Waals surface area contributed by atoms with E-state index in [1.807, 2.05) is 43.3 Å². The molecule has 0 radical (unpaired) electrons. The quantitative estimate of drug-likeness (QED) is 0.730. The third-order valence-corrected chi connectivity index (χ3v) is 2.93. The van der Waals surface area contributed by atoms with E-state index in [0.29, 0.717) is 18.0 Å². The largest absolute Gasteiger partial charge is 0.356 e. The molecule has 20 heavy (non-hydrogen) atoms. The minimum Gasteiger partial charge on any atom is -0.356 e. The summed E-state index contributed by atoms with van der Waals surface area (Å²) < 4.78 is 6.82. The summed E-state index contributed by atoms with van der Waals surface area (Å²) in [7, 11) is 0. The first kappa shape index (κ1) is 12.3. The van der Waals surface area contributed by atoms with E-state index in [1.165, 1.54) is 4.57 Å². The van der Waals surface area contributed by atoms with Crippen molar-refractivity contribution in [1.82, 2.24) is 14.7 Å². The van der Waals surface area contributed by atoms with Gasteiger partial charge in [0.05, 0.1) is 6.54 Å². The fourth-order valence-electron chi connectivity index (χ4n) is 1.98. The lowest BCUT2D eigenvalue weighted by Crippen LogP contribution is -2.22. The van der Waals surface area contributed by atoms with E-state index in [9.17, 15) is 4.79 Å². The summed E-state index contributed by atoms with van der Waals surface area (Å²) in [6, 6.07) is 11.6. The number of aromatic nitrogens is 3. The average molecular weight is 267 g/mol. The molecule has 0 atom stereocenters. The first-order valence-electron chi connectivity index (χ1n) is 6.26. The highest BCUT2D eigenvalue weighted by Crippen LogP contribution is 2.19. The zero-order valence-electron chi connectivity index (χ0n) is 11.0. The molecule has 2 heterocycles. The molecule has 0 amide bonds. The molecule has 2 aromatic heterocycles. The molecular weight excluding hydrogens is 254 g/mol. The molecule has 3 aromatic rings. The Kier molecular flexibility index (Phi) is 3.16. The zero-order chi connectivity index (χ0) is 13.9. The summed E-state index contributed by atoms with van der Waals surface area (Å²) in [6.07, 6.45) is 3.31. The highest BCUT2D eigenvalue weighted by molar-refractivity contribution is 5.56. The van der Waals surface area contributed by atoms with Crippen LogP contribution in [0, 0.1) is 6.92 Å². The van der Waals surface area contributed by atoms with Gasteiger partial charge in [-0.05, 0) is 12.5 Å². The number of benzene rings is 1. The smallest absolute Gasteiger partial charge is 0.347 e. The number of rotatable bonds is 3. The molecule has 5 nitrogen and oxygen atoms in total. The van der Waals surface area contributed by atoms with Crippen LogP contribution >= 0.6 is 0 Å². The van der Waals surface area contributed by atoms with Crippen LogP contribution in [0.1, 0.15) is 11.3 Å². The monoisotopic (exact) mass is 267 g/mol. The predicted molar refractivity (Wildman–Crippen MR) is 74.3 cm³/mol. The molecule has 100 valence electrons. The summed E-state index contributed by atoms with van der Waals surface area (Å²) >= 11 is 0. The maximum absolute atomic E-state index is 11.6. The highest BCUT2D eigenvalue weighted by Gasteiger charge is 2.08. The molecule has 0 aliphatic rings. The summed E-state index contributed by atoms with van der Waals surface area (Å²) in [6.45, 7) is 2.24. The first-order valence-corrected chi connectivity index (χ1v) is 6.26. The van der Waals surface area contributed by atoms with Gasteiger partial charge in [0.25, 0.3) is 0 Å². The second kappa shape index (κ2) is 5.13. The molecule has 0 fully saturated rings. The Bertz CT molecular complexity index is 775. The molecule has 0 saturated carbocycles. The second-order valence-corrected chi connectivity index (χ2v) is 4.59. The molecule has 0 aliphatic carbocycles. The van der Waals surface area contributed by atoms with Crippen molar-refractivity contribution in [2.45, 2.75) is 13.5 Å². The zero-order valence-corrected chi connectivity index (χ0v) is 11.0. The van der Waals surface area contributed by atoms with Gasteiger partial charge in [-0.1, -0.05) is 35.5 Å². The van der Waals surface area contributed by atoms with Gasteiger partial charge in [-0.15, -0.1) is 0 Å². The first-order chi connectivity index (χ1) is 9.72. The molecule has 1 aromatic carbocycles. The van der Waals surface area contributed by atoms with Crippen LogP contribution in [0.4, 0.5) is 0 Å². The number of hydrogen-bond donors (Lipinski definition) is 0. The van der Waals surface area contributed by atoms with Gasteiger partial charge in [-0.3, -0.25) is 4.57 Å². The number of hydrogen-bond acceptors (Lipinski definition) is 4. The van der Waals surface area contributed by atoms with Crippen LogP contribution < -0.4 is 5.69 Å². The van der Waals surface area contributed by atoms with Crippen LogP contribution in [0.3, 0.4) is 0 Å². The Morgan fingerprint density at radius 2 is 2.05 bits per heavy atom. The lowest BCUT2D eigenvalue weighted by molar-refractivity contribution is 0.420. The summed E-state index contributed by atoms with van der Waals surface area (Å²) in [5.74, 6) is 0.689.